The van der Waals surface area contributed by atoms with Crippen molar-refractivity contribution in [3.8, 4) is 0 Å². The fraction of sp³-hybridized carbons (Fsp3) is 1.00. The van der Waals surface area contributed by atoms with Crippen LogP contribution in [0.4, 0.5) is 0 Å². The van der Waals surface area contributed by atoms with Crippen LogP contribution in [0.3, 0.4) is 0 Å². The molecule has 0 bridgehead atoms. The first-order valence-electron chi connectivity index (χ1n) is 5.28. The molecule has 2 unspecified atom stereocenters. The predicted octanol–water partition coefficient (Wildman–Crippen LogP) is -0.416. The molecular weight excluding hydrogens is 252 g/mol. The van der Waals surface area contributed by atoms with Gasteiger partial charge in [0.25, 0.3) is 0 Å². The van der Waals surface area contributed by atoms with Crippen molar-refractivity contribution in [1.82, 2.24) is 10.0 Å². The molecule has 0 aliphatic carbocycles. The highest BCUT2D eigenvalue weighted by Crippen LogP contribution is 2.39. The summed E-state index contributed by atoms with van der Waals surface area (Å²) in [6, 6.07) is 0. The first-order valence-corrected chi connectivity index (χ1v) is 6.93. The maximum atomic E-state index is 11.5. The number of halogens is 1. The van der Waals surface area contributed by atoms with Gasteiger partial charge in [0.2, 0.25) is 10.0 Å². The molecule has 2 heterocycles. The minimum Gasteiger partial charge on any atom is -0.381 e. The van der Waals surface area contributed by atoms with Gasteiger partial charge in [-0.05, 0) is 25.9 Å². The van der Waals surface area contributed by atoms with Crippen LogP contribution in [-0.4, -0.2) is 47.5 Å². The molecule has 0 radical (unpaired) electrons. The summed E-state index contributed by atoms with van der Waals surface area (Å²) in [5, 5.41) is 3.28. The summed E-state index contributed by atoms with van der Waals surface area (Å²) in [6.45, 7) is 3.13. The largest absolute Gasteiger partial charge is 0.381 e. The average Bonchev–Trinajstić information content (AvgIpc) is 2.79. The van der Waals surface area contributed by atoms with Crippen LogP contribution in [0, 0.1) is 11.3 Å². The molecule has 0 aromatic carbocycles. The molecule has 96 valence electrons. The van der Waals surface area contributed by atoms with E-state index in [0.717, 1.165) is 26.1 Å². The van der Waals surface area contributed by atoms with Gasteiger partial charge in [0.15, 0.2) is 0 Å². The van der Waals surface area contributed by atoms with Gasteiger partial charge < -0.3 is 10.1 Å². The maximum absolute atomic E-state index is 11.5. The van der Waals surface area contributed by atoms with Gasteiger partial charge in [-0.2, -0.15) is 0 Å². The molecule has 0 amide bonds. The number of nitrogens with one attached hydrogen (secondary N) is 2. The van der Waals surface area contributed by atoms with E-state index in [2.05, 4.69) is 10.0 Å². The highest BCUT2D eigenvalue weighted by Gasteiger charge is 2.46. The zero-order chi connectivity index (χ0) is 10.9. The van der Waals surface area contributed by atoms with Crippen LogP contribution in [0.15, 0.2) is 0 Å². The maximum Gasteiger partial charge on any atom is 0.211 e. The van der Waals surface area contributed by atoms with Gasteiger partial charge in [-0.15, -0.1) is 12.4 Å². The zero-order valence-corrected chi connectivity index (χ0v) is 11.0. The smallest absolute Gasteiger partial charge is 0.211 e. The fourth-order valence-electron chi connectivity index (χ4n) is 2.52. The lowest BCUT2D eigenvalue weighted by atomic mass is 9.78. The van der Waals surface area contributed by atoms with Crippen LogP contribution in [0.1, 0.15) is 6.42 Å². The third kappa shape index (κ3) is 2.68. The van der Waals surface area contributed by atoms with Gasteiger partial charge in [0.05, 0.1) is 12.4 Å². The molecular formula is C9H19ClN2O3S. The van der Waals surface area contributed by atoms with E-state index in [0.29, 0.717) is 6.61 Å². The van der Waals surface area contributed by atoms with Crippen LogP contribution in [0.25, 0.3) is 0 Å². The van der Waals surface area contributed by atoms with Crippen molar-refractivity contribution >= 4 is 22.4 Å². The molecule has 16 heavy (non-hydrogen) atoms. The van der Waals surface area contributed by atoms with Crippen LogP contribution in [0.2, 0.25) is 0 Å². The number of hydrogen-bond donors (Lipinski definition) is 2. The highest BCUT2D eigenvalue weighted by atomic mass is 35.5. The summed E-state index contributed by atoms with van der Waals surface area (Å²) in [4.78, 5) is 0. The van der Waals surface area contributed by atoms with E-state index in [4.69, 9.17) is 4.74 Å². The monoisotopic (exact) mass is 270 g/mol. The average molecular weight is 271 g/mol. The topological polar surface area (TPSA) is 67.4 Å². The van der Waals surface area contributed by atoms with E-state index in [-0.39, 0.29) is 29.5 Å². The van der Waals surface area contributed by atoms with Crippen LogP contribution >= 0.6 is 12.4 Å². The molecule has 0 saturated carbocycles. The van der Waals surface area contributed by atoms with E-state index in [1.165, 1.54) is 7.05 Å². The number of rotatable bonds is 3. The van der Waals surface area contributed by atoms with Crippen molar-refractivity contribution in [3.05, 3.63) is 0 Å². The Morgan fingerprint density at radius 3 is 2.88 bits per heavy atom. The van der Waals surface area contributed by atoms with Crippen molar-refractivity contribution in [2.45, 2.75) is 6.42 Å². The SMILES string of the molecule is CNS(=O)(=O)CC1CNCC12CCOC2.Cl. The van der Waals surface area contributed by atoms with E-state index >= 15 is 0 Å². The predicted molar refractivity (Wildman–Crippen MR) is 64.3 cm³/mol. The van der Waals surface area contributed by atoms with E-state index in [1.807, 2.05) is 0 Å². The summed E-state index contributed by atoms with van der Waals surface area (Å²) in [6.07, 6.45) is 0.976. The summed E-state index contributed by atoms with van der Waals surface area (Å²) in [5.41, 5.74) is 0.0594. The molecule has 1 spiro atoms. The third-order valence-electron chi connectivity index (χ3n) is 3.60. The van der Waals surface area contributed by atoms with Crippen LogP contribution < -0.4 is 10.0 Å². The summed E-state index contributed by atoms with van der Waals surface area (Å²) in [7, 11) is -1.64. The van der Waals surface area contributed by atoms with Gasteiger partial charge in [0.1, 0.15) is 0 Å². The summed E-state index contributed by atoms with van der Waals surface area (Å²) < 4.78 is 30.8. The molecule has 7 heteroatoms. The molecule has 2 rings (SSSR count). The Bertz CT molecular complexity index is 322. The molecule has 0 aromatic heterocycles. The third-order valence-corrected chi connectivity index (χ3v) is 5.06. The van der Waals surface area contributed by atoms with E-state index in [9.17, 15) is 8.42 Å². The Morgan fingerprint density at radius 1 is 1.56 bits per heavy atom. The lowest BCUT2D eigenvalue weighted by Gasteiger charge is -2.27. The zero-order valence-electron chi connectivity index (χ0n) is 9.36. The van der Waals surface area contributed by atoms with Gasteiger partial charge in [-0.3, -0.25) is 0 Å². The normalized spacial score (nSPS) is 34.2. The van der Waals surface area contributed by atoms with Gasteiger partial charge in [-0.25, -0.2) is 13.1 Å². The van der Waals surface area contributed by atoms with E-state index in [1.54, 1.807) is 0 Å². The van der Waals surface area contributed by atoms with Crippen molar-refractivity contribution in [2.24, 2.45) is 11.3 Å². The Labute approximate surface area is 103 Å². The first-order chi connectivity index (χ1) is 7.08. The van der Waals surface area contributed by atoms with Gasteiger partial charge >= 0.3 is 0 Å². The molecule has 5 nitrogen and oxygen atoms in total. The van der Waals surface area contributed by atoms with Crippen LogP contribution in [0.5, 0.6) is 0 Å². The summed E-state index contributed by atoms with van der Waals surface area (Å²) >= 11 is 0. The van der Waals surface area contributed by atoms with Gasteiger partial charge in [0, 0.05) is 18.6 Å². The summed E-state index contributed by atoms with van der Waals surface area (Å²) in [5.74, 6) is 0.386. The molecule has 2 fully saturated rings. The second-order valence-corrected chi connectivity index (χ2v) is 6.45. The van der Waals surface area contributed by atoms with Crippen molar-refractivity contribution in [3.63, 3.8) is 0 Å². The minimum atomic E-state index is -3.11. The quantitative estimate of drug-likeness (QED) is 0.731. The van der Waals surface area contributed by atoms with E-state index < -0.39 is 10.0 Å². The number of ether oxygens (including phenoxy) is 1. The molecule has 0 aromatic rings. The molecule has 2 atom stereocenters. The Kier molecular flexibility index (Phi) is 4.59. The standard InChI is InChI=1S/C9H18N2O3S.ClH/c1-10-15(12,13)5-8-4-11-6-9(8)2-3-14-7-9;/h8,10-11H,2-7H2,1H3;1H. The van der Waals surface area contributed by atoms with Crippen molar-refractivity contribution in [1.29, 1.82) is 0 Å². The Hall–Kier alpha value is 0.120. The second kappa shape index (κ2) is 5.18. The minimum absolute atomic E-state index is 0. The lowest BCUT2D eigenvalue weighted by Crippen LogP contribution is -2.37. The molecule has 2 aliphatic heterocycles. The van der Waals surface area contributed by atoms with Crippen LogP contribution in [-0.2, 0) is 14.8 Å². The number of sulfonamides is 1. The van der Waals surface area contributed by atoms with Crippen molar-refractivity contribution < 1.29 is 13.2 Å². The fourth-order valence-corrected chi connectivity index (χ4v) is 3.69. The Balaban J connectivity index is 0.00000128. The van der Waals surface area contributed by atoms with Gasteiger partial charge in [-0.1, -0.05) is 0 Å². The second-order valence-electron chi connectivity index (χ2n) is 4.48. The lowest BCUT2D eigenvalue weighted by molar-refractivity contribution is 0.141. The van der Waals surface area contributed by atoms with Crippen molar-refractivity contribution in [2.75, 3.05) is 39.1 Å². The molecule has 2 aliphatic rings. The molecule has 2 saturated heterocycles. The number of hydrogen-bond acceptors (Lipinski definition) is 4. The highest BCUT2D eigenvalue weighted by molar-refractivity contribution is 7.89. The first kappa shape index (κ1) is 14.2. The Morgan fingerprint density at radius 2 is 2.31 bits per heavy atom. The molecule has 2 N–H and O–H groups in total.